The maximum Gasteiger partial charge on any atom is 0.509 e. The van der Waals surface area contributed by atoms with Crippen molar-refractivity contribution in [3.05, 3.63) is 12.2 Å². The van der Waals surface area contributed by atoms with Gasteiger partial charge in [0, 0.05) is 11.6 Å². The molecule has 0 saturated carbocycles. The number of nitrogens with one attached hydrogen (secondary N) is 1. The third-order valence-corrected chi connectivity index (χ3v) is 3.09. The third kappa shape index (κ3) is 8.76. The van der Waals surface area contributed by atoms with Gasteiger partial charge in [-0.2, -0.15) is 0 Å². The average molecular weight is 297 g/mol. The van der Waals surface area contributed by atoms with E-state index >= 15 is 0 Å². The van der Waals surface area contributed by atoms with Crippen molar-refractivity contribution in [2.75, 3.05) is 0 Å². The molecule has 1 rings (SSSR count). The van der Waals surface area contributed by atoms with Crippen LogP contribution in [0.15, 0.2) is 12.2 Å². The van der Waals surface area contributed by atoms with E-state index in [9.17, 15) is 4.79 Å². The second-order valence-electron chi connectivity index (χ2n) is 7.81. The Labute approximate surface area is 129 Å². The summed E-state index contributed by atoms with van der Waals surface area (Å²) in [5, 5.41) is 3.63. The second kappa shape index (κ2) is 7.30. The predicted molar refractivity (Wildman–Crippen MR) is 85.4 cm³/mol. The molecular formula is C17H31NO3. The maximum atomic E-state index is 11.7. The van der Waals surface area contributed by atoms with E-state index < -0.39 is 11.8 Å². The highest BCUT2D eigenvalue weighted by atomic mass is 16.7. The van der Waals surface area contributed by atoms with Crippen LogP contribution in [0.4, 0.5) is 4.79 Å². The van der Waals surface area contributed by atoms with E-state index in [0.29, 0.717) is 6.04 Å². The van der Waals surface area contributed by atoms with Crippen LogP contribution in [-0.4, -0.2) is 29.4 Å². The highest BCUT2D eigenvalue weighted by Gasteiger charge is 2.22. The molecule has 0 amide bonds. The van der Waals surface area contributed by atoms with Gasteiger partial charge in [-0.05, 0) is 73.3 Å². The minimum Gasteiger partial charge on any atom is -0.429 e. The Morgan fingerprint density at radius 3 is 2.38 bits per heavy atom. The average Bonchev–Trinajstić information content (AvgIpc) is 2.20. The van der Waals surface area contributed by atoms with Crippen molar-refractivity contribution in [1.82, 2.24) is 5.32 Å². The normalized spacial score (nSPS) is 25.6. The zero-order valence-corrected chi connectivity index (χ0v) is 14.4. The van der Waals surface area contributed by atoms with E-state index in [1.54, 1.807) is 0 Å². The van der Waals surface area contributed by atoms with E-state index in [2.05, 4.69) is 32.2 Å². The van der Waals surface area contributed by atoms with Crippen molar-refractivity contribution in [3.63, 3.8) is 0 Å². The van der Waals surface area contributed by atoms with Crippen LogP contribution >= 0.6 is 0 Å². The smallest absolute Gasteiger partial charge is 0.429 e. The molecular weight excluding hydrogens is 266 g/mol. The Kier molecular flexibility index (Phi) is 6.26. The predicted octanol–water partition coefficient (Wildman–Crippen LogP) is 4.19. The standard InChI is InChI=1S/C17H31NO3/c1-16(2,3)18-13-9-7-11-14(12-8-10-13)20-15(19)21-17(4,5)6/h7,11,13-14,18H,8-10,12H2,1-6H3/b11-7+. The monoisotopic (exact) mass is 297 g/mol. The van der Waals surface area contributed by atoms with Crippen LogP contribution in [0.3, 0.4) is 0 Å². The summed E-state index contributed by atoms with van der Waals surface area (Å²) < 4.78 is 10.6. The van der Waals surface area contributed by atoms with Gasteiger partial charge >= 0.3 is 6.16 Å². The number of ether oxygens (including phenoxy) is 2. The molecule has 0 bridgehead atoms. The van der Waals surface area contributed by atoms with E-state index in [1.165, 1.54) is 0 Å². The summed E-state index contributed by atoms with van der Waals surface area (Å²) in [6, 6.07) is 0.490. The summed E-state index contributed by atoms with van der Waals surface area (Å²) in [6.07, 6.45) is 7.28. The zero-order chi connectivity index (χ0) is 16.1. The highest BCUT2D eigenvalue weighted by molar-refractivity contribution is 5.61. The molecule has 1 aliphatic carbocycles. The van der Waals surface area contributed by atoms with Gasteiger partial charge < -0.3 is 14.8 Å². The Balaban J connectivity index is 2.46. The van der Waals surface area contributed by atoms with Crippen molar-refractivity contribution < 1.29 is 14.3 Å². The molecule has 1 aliphatic rings. The van der Waals surface area contributed by atoms with Crippen LogP contribution in [0.5, 0.6) is 0 Å². The van der Waals surface area contributed by atoms with E-state index in [4.69, 9.17) is 9.47 Å². The van der Waals surface area contributed by atoms with Gasteiger partial charge in [0.15, 0.2) is 0 Å². The largest absolute Gasteiger partial charge is 0.509 e. The molecule has 1 N–H and O–H groups in total. The molecule has 0 spiro atoms. The van der Waals surface area contributed by atoms with Crippen molar-refractivity contribution >= 4 is 6.16 Å². The van der Waals surface area contributed by atoms with Gasteiger partial charge in [-0.3, -0.25) is 0 Å². The van der Waals surface area contributed by atoms with E-state index in [-0.39, 0.29) is 11.6 Å². The summed E-state index contributed by atoms with van der Waals surface area (Å²) in [7, 11) is 0. The van der Waals surface area contributed by atoms with Crippen LogP contribution in [0.25, 0.3) is 0 Å². The van der Waals surface area contributed by atoms with Crippen LogP contribution in [-0.2, 0) is 9.47 Å². The number of rotatable bonds is 2. The Morgan fingerprint density at radius 2 is 1.81 bits per heavy atom. The van der Waals surface area contributed by atoms with Crippen molar-refractivity contribution in [3.8, 4) is 0 Å². The van der Waals surface area contributed by atoms with Gasteiger partial charge in [-0.15, -0.1) is 0 Å². The quantitative estimate of drug-likeness (QED) is 0.613. The first-order valence-electron chi connectivity index (χ1n) is 7.89. The molecule has 2 unspecified atom stereocenters. The lowest BCUT2D eigenvalue weighted by molar-refractivity contribution is -0.0200. The summed E-state index contributed by atoms with van der Waals surface area (Å²) in [4.78, 5) is 11.7. The van der Waals surface area contributed by atoms with Crippen LogP contribution in [0, 0.1) is 0 Å². The Hall–Kier alpha value is -1.03. The summed E-state index contributed by atoms with van der Waals surface area (Å²) in [5.74, 6) is 0. The summed E-state index contributed by atoms with van der Waals surface area (Å²) in [6.45, 7) is 12.1. The van der Waals surface area contributed by atoms with E-state index in [1.807, 2.05) is 26.8 Å². The molecule has 0 aromatic heterocycles. The second-order valence-corrected chi connectivity index (χ2v) is 7.81. The molecule has 21 heavy (non-hydrogen) atoms. The Morgan fingerprint density at radius 1 is 1.14 bits per heavy atom. The molecule has 4 nitrogen and oxygen atoms in total. The minimum absolute atomic E-state index is 0.129. The lowest BCUT2D eigenvalue weighted by Crippen LogP contribution is -2.43. The number of hydrogen-bond acceptors (Lipinski definition) is 4. The molecule has 0 fully saturated rings. The fourth-order valence-electron chi connectivity index (χ4n) is 2.41. The highest BCUT2D eigenvalue weighted by Crippen LogP contribution is 2.18. The molecule has 2 atom stereocenters. The van der Waals surface area contributed by atoms with Gasteiger partial charge in [0.1, 0.15) is 11.7 Å². The summed E-state index contributed by atoms with van der Waals surface area (Å²) >= 11 is 0. The first-order chi connectivity index (χ1) is 9.55. The van der Waals surface area contributed by atoms with Crippen molar-refractivity contribution in [1.29, 1.82) is 0 Å². The first kappa shape index (κ1) is 18.0. The van der Waals surface area contributed by atoms with Gasteiger partial charge in [0.2, 0.25) is 0 Å². The molecule has 4 heteroatoms. The zero-order valence-electron chi connectivity index (χ0n) is 14.4. The van der Waals surface area contributed by atoms with E-state index in [0.717, 1.165) is 25.7 Å². The molecule has 0 heterocycles. The van der Waals surface area contributed by atoms with Gasteiger partial charge in [0.05, 0.1) is 0 Å². The fourth-order valence-corrected chi connectivity index (χ4v) is 2.41. The van der Waals surface area contributed by atoms with Crippen LogP contribution in [0.1, 0.15) is 67.2 Å². The number of carbonyl (C=O) groups excluding carboxylic acids is 1. The van der Waals surface area contributed by atoms with Crippen LogP contribution < -0.4 is 5.32 Å². The van der Waals surface area contributed by atoms with Crippen LogP contribution in [0.2, 0.25) is 0 Å². The minimum atomic E-state index is -0.581. The molecule has 122 valence electrons. The molecule has 0 aliphatic heterocycles. The number of hydrogen-bond donors (Lipinski definition) is 1. The van der Waals surface area contributed by atoms with Gasteiger partial charge in [0.25, 0.3) is 0 Å². The molecule has 0 aromatic rings. The maximum absolute atomic E-state index is 11.7. The van der Waals surface area contributed by atoms with Gasteiger partial charge in [-0.25, -0.2) is 4.79 Å². The topological polar surface area (TPSA) is 47.6 Å². The third-order valence-electron chi connectivity index (χ3n) is 3.09. The molecule has 0 aromatic carbocycles. The first-order valence-corrected chi connectivity index (χ1v) is 7.89. The van der Waals surface area contributed by atoms with Crippen molar-refractivity contribution in [2.45, 2.75) is 90.5 Å². The fraction of sp³-hybridized carbons (Fsp3) is 0.824. The lowest BCUT2D eigenvalue weighted by Gasteiger charge is -2.29. The number of carbonyl (C=O) groups is 1. The van der Waals surface area contributed by atoms with Gasteiger partial charge in [-0.1, -0.05) is 6.08 Å². The Bertz CT molecular complexity index is 363. The van der Waals surface area contributed by atoms with Crippen molar-refractivity contribution in [2.24, 2.45) is 0 Å². The lowest BCUT2D eigenvalue weighted by atomic mass is 9.97. The molecule has 0 radical (unpaired) electrons. The SMILES string of the molecule is CC(C)(C)NC1C/C=C/C(OC(=O)OC(C)(C)C)CCC1. The summed E-state index contributed by atoms with van der Waals surface area (Å²) in [5.41, 5.74) is -0.381. The molecule has 0 saturated heterocycles.